The van der Waals surface area contributed by atoms with Crippen LogP contribution in [-0.4, -0.2) is 61.7 Å². The van der Waals surface area contributed by atoms with E-state index in [0.717, 1.165) is 24.5 Å². The Kier molecular flexibility index (Phi) is 5.67. The van der Waals surface area contributed by atoms with Crippen molar-refractivity contribution in [3.05, 3.63) is 0 Å². The Morgan fingerprint density at radius 2 is 2.00 bits per heavy atom. The number of nitrogens with zero attached hydrogens (tertiary/aromatic N) is 2. The summed E-state index contributed by atoms with van der Waals surface area (Å²) < 4.78 is 0. The first-order chi connectivity index (χ1) is 9.06. The number of fused-ring (bicyclic) bond motifs is 1. The fourth-order valence-corrected chi connectivity index (χ4v) is 3.73. The minimum Gasteiger partial charge on any atom is -0.312 e. The van der Waals surface area contributed by atoms with Crippen LogP contribution in [0, 0.1) is 5.92 Å². The van der Waals surface area contributed by atoms with Crippen LogP contribution in [0.1, 0.15) is 46.0 Å². The monoisotopic (exact) mass is 267 g/mol. The Labute approximate surface area is 119 Å². The highest BCUT2D eigenvalue weighted by Gasteiger charge is 2.31. The Balaban J connectivity index is 1.74. The molecule has 0 aromatic carbocycles. The molecule has 2 fully saturated rings. The first-order valence-electron chi connectivity index (χ1n) is 8.20. The van der Waals surface area contributed by atoms with Gasteiger partial charge in [-0.3, -0.25) is 0 Å². The van der Waals surface area contributed by atoms with Crippen molar-refractivity contribution in [2.24, 2.45) is 5.92 Å². The molecule has 0 amide bonds. The number of hydrogen-bond donors (Lipinski definition) is 1. The normalized spacial score (nSPS) is 30.0. The highest BCUT2D eigenvalue weighted by Crippen LogP contribution is 2.26. The van der Waals surface area contributed by atoms with Gasteiger partial charge in [-0.2, -0.15) is 0 Å². The predicted octanol–water partition coefficient (Wildman–Crippen LogP) is 2.18. The molecule has 1 N–H and O–H groups in total. The summed E-state index contributed by atoms with van der Waals surface area (Å²) in [5.41, 5.74) is 0. The fraction of sp³-hybridized carbons (Fsp3) is 1.00. The van der Waals surface area contributed by atoms with Crippen LogP contribution in [0.2, 0.25) is 0 Å². The molecule has 112 valence electrons. The molecule has 2 heterocycles. The van der Waals surface area contributed by atoms with E-state index in [1.54, 1.807) is 0 Å². The molecule has 2 aliphatic heterocycles. The zero-order chi connectivity index (χ0) is 13.8. The van der Waals surface area contributed by atoms with Gasteiger partial charge >= 0.3 is 0 Å². The van der Waals surface area contributed by atoms with E-state index in [1.165, 1.54) is 45.2 Å². The molecule has 0 radical (unpaired) electrons. The predicted molar refractivity (Wildman–Crippen MR) is 82.5 cm³/mol. The maximum absolute atomic E-state index is 3.85. The van der Waals surface area contributed by atoms with E-state index < -0.39 is 0 Å². The second kappa shape index (κ2) is 7.05. The van der Waals surface area contributed by atoms with Gasteiger partial charge in [0.25, 0.3) is 0 Å². The summed E-state index contributed by atoms with van der Waals surface area (Å²) in [5.74, 6) is 0.783. The number of nitrogens with one attached hydrogen (secondary N) is 1. The maximum atomic E-state index is 3.85. The molecular weight excluding hydrogens is 234 g/mol. The Morgan fingerprint density at radius 1 is 1.21 bits per heavy atom. The second-order valence-electron chi connectivity index (χ2n) is 7.21. The zero-order valence-electron chi connectivity index (χ0n) is 13.4. The molecule has 3 atom stereocenters. The summed E-state index contributed by atoms with van der Waals surface area (Å²) in [5, 5.41) is 3.85. The van der Waals surface area contributed by atoms with Crippen LogP contribution in [0.15, 0.2) is 0 Å². The van der Waals surface area contributed by atoms with Gasteiger partial charge in [-0.05, 0) is 65.2 Å². The van der Waals surface area contributed by atoms with Gasteiger partial charge in [0.2, 0.25) is 0 Å². The molecule has 0 aliphatic carbocycles. The highest BCUT2D eigenvalue weighted by atomic mass is 15.2. The lowest BCUT2D eigenvalue weighted by Crippen LogP contribution is -2.49. The second-order valence-corrected chi connectivity index (χ2v) is 7.21. The molecule has 19 heavy (non-hydrogen) atoms. The lowest BCUT2D eigenvalue weighted by atomic mass is 9.96. The van der Waals surface area contributed by atoms with Crippen molar-refractivity contribution < 1.29 is 0 Å². The quantitative estimate of drug-likeness (QED) is 0.796. The van der Waals surface area contributed by atoms with Crippen LogP contribution in [0.5, 0.6) is 0 Å². The van der Waals surface area contributed by atoms with Crippen molar-refractivity contribution in [2.75, 3.05) is 33.7 Å². The van der Waals surface area contributed by atoms with E-state index in [4.69, 9.17) is 0 Å². The molecular formula is C16H33N3. The van der Waals surface area contributed by atoms with Crippen LogP contribution >= 0.6 is 0 Å². The summed E-state index contributed by atoms with van der Waals surface area (Å²) in [6, 6.07) is 2.32. The Morgan fingerprint density at radius 3 is 2.68 bits per heavy atom. The average molecular weight is 267 g/mol. The van der Waals surface area contributed by atoms with E-state index in [2.05, 4.69) is 43.1 Å². The van der Waals surface area contributed by atoms with Gasteiger partial charge in [-0.25, -0.2) is 0 Å². The first-order valence-corrected chi connectivity index (χ1v) is 8.20. The summed E-state index contributed by atoms with van der Waals surface area (Å²) >= 11 is 0. The van der Waals surface area contributed by atoms with Gasteiger partial charge < -0.3 is 15.1 Å². The largest absolute Gasteiger partial charge is 0.312 e. The maximum Gasteiger partial charge on any atom is 0.0217 e. The molecule has 2 saturated heterocycles. The van der Waals surface area contributed by atoms with Gasteiger partial charge in [0.1, 0.15) is 0 Å². The third-order valence-corrected chi connectivity index (χ3v) is 4.94. The number of hydrogen-bond acceptors (Lipinski definition) is 3. The molecule has 0 aromatic rings. The molecule has 3 unspecified atom stereocenters. The van der Waals surface area contributed by atoms with E-state index in [0.29, 0.717) is 6.04 Å². The van der Waals surface area contributed by atoms with Crippen LogP contribution < -0.4 is 5.32 Å². The summed E-state index contributed by atoms with van der Waals surface area (Å²) in [6.45, 7) is 8.48. The van der Waals surface area contributed by atoms with Crippen LogP contribution in [0.25, 0.3) is 0 Å². The molecule has 0 aromatic heterocycles. The van der Waals surface area contributed by atoms with E-state index in [9.17, 15) is 0 Å². The summed E-state index contributed by atoms with van der Waals surface area (Å²) in [6.07, 6.45) is 6.87. The SMILES string of the molecule is CC(C)CC(CNC1CCN2CCCC2C1)N(C)C. The number of rotatable bonds is 6. The summed E-state index contributed by atoms with van der Waals surface area (Å²) in [4.78, 5) is 5.09. The standard InChI is InChI=1S/C16H33N3/c1-13(2)10-16(18(3)4)12-17-14-7-9-19-8-5-6-15(19)11-14/h13-17H,5-12H2,1-4H3. The zero-order valence-corrected chi connectivity index (χ0v) is 13.4. The van der Waals surface area contributed by atoms with Crippen molar-refractivity contribution in [1.29, 1.82) is 0 Å². The lowest BCUT2D eigenvalue weighted by molar-refractivity contribution is 0.157. The van der Waals surface area contributed by atoms with Crippen molar-refractivity contribution in [2.45, 2.75) is 64.1 Å². The van der Waals surface area contributed by atoms with E-state index in [-0.39, 0.29) is 0 Å². The summed E-state index contributed by atoms with van der Waals surface area (Å²) in [7, 11) is 4.43. The van der Waals surface area contributed by atoms with Crippen LogP contribution in [0.4, 0.5) is 0 Å². The van der Waals surface area contributed by atoms with Crippen LogP contribution in [0.3, 0.4) is 0 Å². The molecule has 2 aliphatic rings. The smallest absolute Gasteiger partial charge is 0.0217 e. The van der Waals surface area contributed by atoms with Crippen molar-refractivity contribution in [3.8, 4) is 0 Å². The van der Waals surface area contributed by atoms with Crippen molar-refractivity contribution in [1.82, 2.24) is 15.1 Å². The lowest BCUT2D eigenvalue weighted by Gasteiger charge is -2.36. The molecule has 0 saturated carbocycles. The molecule has 3 heteroatoms. The van der Waals surface area contributed by atoms with Crippen molar-refractivity contribution >= 4 is 0 Å². The van der Waals surface area contributed by atoms with Crippen LogP contribution in [-0.2, 0) is 0 Å². The Bertz CT molecular complexity index is 265. The Hall–Kier alpha value is -0.120. The van der Waals surface area contributed by atoms with Gasteiger partial charge in [0.15, 0.2) is 0 Å². The fourth-order valence-electron chi connectivity index (χ4n) is 3.73. The van der Waals surface area contributed by atoms with Gasteiger partial charge in [0.05, 0.1) is 0 Å². The minimum atomic E-state index is 0.682. The van der Waals surface area contributed by atoms with Gasteiger partial charge in [-0.1, -0.05) is 13.8 Å². The highest BCUT2D eigenvalue weighted by molar-refractivity contribution is 4.89. The van der Waals surface area contributed by atoms with Gasteiger partial charge in [-0.15, -0.1) is 0 Å². The number of piperidine rings is 1. The van der Waals surface area contributed by atoms with Gasteiger partial charge in [0, 0.05) is 24.7 Å². The third-order valence-electron chi connectivity index (χ3n) is 4.94. The van der Waals surface area contributed by atoms with Crippen molar-refractivity contribution in [3.63, 3.8) is 0 Å². The molecule has 0 bridgehead atoms. The molecule has 3 nitrogen and oxygen atoms in total. The number of likely N-dealkylation sites (N-methyl/N-ethyl adjacent to an activating group) is 1. The topological polar surface area (TPSA) is 18.5 Å². The average Bonchev–Trinajstić information content (AvgIpc) is 2.80. The molecule has 0 spiro atoms. The first kappa shape index (κ1) is 15.3. The molecule has 2 rings (SSSR count). The minimum absolute atomic E-state index is 0.682. The van der Waals surface area contributed by atoms with E-state index >= 15 is 0 Å². The third kappa shape index (κ3) is 4.44. The van der Waals surface area contributed by atoms with E-state index in [1.807, 2.05) is 0 Å².